The zero-order valence-corrected chi connectivity index (χ0v) is 21.1. The third kappa shape index (κ3) is 6.97. The summed E-state index contributed by atoms with van der Waals surface area (Å²) in [7, 11) is 2.21. The van der Waals surface area contributed by atoms with E-state index in [1.807, 2.05) is 0 Å². The highest BCUT2D eigenvalue weighted by molar-refractivity contribution is 5.94. The van der Waals surface area contributed by atoms with Crippen molar-refractivity contribution < 1.29 is 4.74 Å². The topological polar surface area (TPSA) is 19.0 Å². The van der Waals surface area contributed by atoms with Crippen LogP contribution in [0.3, 0.4) is 0 Å². The van der Waals surface area contributed by atoms with Gasteiger partial charge in [0.2, 0.25) is 0 Å². The van der Waals surface area contributed by atoms with Gasteiger partial charge in [-0.1, -0.05) is 68.3 Å². The third-order valence-corrected chi connectivity index (χ3v) is 6.91. The summed E-state index contributed by atoms with van der Waals surface area (Å²) in [5.74, 6) is 0.984. The van der Waals surface area contributed by atoms with Gasteiger partial charge in [-0.3, -0.25) is 4.90 Å². The van der Waals surface area contributed by atoms with E-state index in [4.69, 9.17) is 4.74 Å². The molecule has 1 saturated heterocycles. The van der Waals surface area contributed by atoms with Gasteiger partial charge in [0.15, 0.2) is 0 Å². The van der Waals surface area contributed by atoms with Gasteiger partial charge >= 0.3 is 0 Å². The fraction of sp³-hybridized carbons (Fsp3) is 0.467. The lowest BCUT2D eigenvalue weighted by atomic mass is 10.1. The Morgan fingerprint density at radius 1 is 0.794 bits per heavy atom. The number of rotatable bonds is 12. The first kappa shape index (κ1) is 24.6. The molecule has 182 valence electrons. The maximum atomic E-state index is 5.98. The zero-order chi connectivity index (χ0) is 23.6. The van der Waals surface area contributed by atoms with Crippen molar-refractivity contribution in [3.63, 3.8) is 0 Å². The minimum atomic E-state index is 0.785. The lowest BCUT2D eigenvalue weighted by molar-refractivity contribution is 0.249. The van der Waals surface area contributed by atoms with Crippen LogP contribution < -0.4 is 9.64 Å². The van der Waals surface area contributed by atoms with E-state index in [2.05, 4.69) is 95.4 Å². The van der Waals surface area contributed by atoms with Crippen LogP contribution in [0.2, 0.25) is 0 Å². The summed E-state index contributed by atoms with van der Waals surface area (Å²) in [6.45, 7) is 10.7. The zero-order valence-electron chi connectivity index (χ0n) is 21.1. The van der Waals surface area contributed by atoms with Crippen LogP contribution in [0.1, 0.15) is 38.2 Å². The molecule has 0 aromatic heterocycles. The van der Waals surface area contributed by atoms with Crippen LogP contribution in [-0.2, 0) is 6.54 Å². The molecule has 1 aliphatic heterocycles. The molecule has 3 aromatic rings. The largest absolute Gasteiger partial charge is 0.494 e. The van der Waals surface area contributed by atoms with E-state index < -0.39 is 0 Å². The van der Waals surface area contributed by atoms with Gasteiger partial charge in [-0.05, 0) is 55.6 Å². The molecule has 0 aliphatic carbocycles. The van der Waals surface area contributed by atoms with Crippen LogP contribution in [-0.4, -0.2) is 62.7 Å². The number of fused-ring (bicyclic) bond motifs is 1. The first-order valence-corrected chi connectivity index (χ1v) is 13.1. The SMILES string of the molecule is CCCCCN(C)CCCOc1ccc(CN2CCN(c3cccc4ccccc34)CC2)cc1. The monoisotopic (exact) mass is 459 g/mol. The van der Waals surface area contributed by atoms with Gasteiger partial charge in [0, 0.05) is 50.3 Å². The van der Waals surface area contributed by atoms with Crippen molar-refractivity contribution in [2.45, 2.75) is 39.2 Å². The highest BCUT2D eigenvalue weighted by atomic mass is 16.5. The molecule has 0 unspecified atom stereocenters. The van der Waals surface area contributed by atoms with E-state index in [9.17, 15) is 0 Å². The Morgan fingerprint density at radius 3 is 2.32 bits per heavy atom. The fourth-order valence-electron chi connectivity index (χ4n) is 4.85. The Hall–Kier alpha value is -2.56. The maximum Gasteiger partial charge on any atom is 0.119 e. The Morgan fingerprint density at radius 2 is 1.53 bits per heavy atom. The molecular formula is C30H41N3O. The number of unbranched alkanes of at least 4 members (excludes halogenated alkanes) is 2. The van der Waals surface area contributed by atoms with E-state index >= 15 is 0 Å². The molecule has 4 nitrogen and oxygen atoms in total. The predicted molar refractivity (Wildman–Crippen MR) is 145 cm³/mol. The van der Waals surface area contributed by atoms with Crippen LogP contribution in [0.4, 0.5) is 5.69 Å². The third-order valence-electron chi connectivity index (χ3n) is 6.91. The summed E-state index contributed by atoms with van der Waals surface area (Å²) in [5, 5.41) is 2.68. The Balaban J connectivity index is 1.18. The van der Waals surface area contributed by atoms with E-state index in [1.54, 1.807) is 0 Å². The highest BCUT2D eigenvalue weighted by Gasteiger charge is 2.18. The lowest BCUT2D eigenvalue weighted by Crippen LogP contribution is -2.46. The summed E-state index contributed by atoms with van der Waals surface area (Å²) >= 11 is 0. The Labute approximate surface area is 206 Å². The van der Waals surface area contributed by atoms with Gasteiger partial charge in [0.25, 0.3) is 0 Å². The van der Waals surface area contributed by atoms with Crippen LogP contribution in [0, 0.1) is 0 Å². The second kappa shape index (κ2) is 12.8. The van der Waals surface area contributed by atoms with Gasteiger partial charge in [-0.2, -0.15) is 0 Å². The smallest absolute Gasteiger partial charge is 0.119 e. The summed E-state index contributed by atoms with van der Waals surface area (Å²) in [6.07, 6.45) is 4.99. The molecular weight excluding hydrogens is 418 g/mol. The van der Waals surface area contributed by atoms with Gasteiger partial charge in [-0.15, -0.1) is 0 Å². The molecule has 1 heterocycles. The number of ether oxygens (including phenoxy) is 1. The molecule has 0 atom stereocenters. The van der Waals surface area contributed by atoms with Crippen LogP contribution in [0.5, 0.6) is 5.75 Å². The molecule has 34 heavy (non-hydrogen) atoms. The van der Waals surface area contributed by atoms with E-state index in [1.165, 1.54) is 47.8 Å². The number of anilines is 1. The van der Waals surface area contributed by atoms with Crippen LogP contribution >= 0.6 is 0 Å². The maximum absolute atomic E-state index is 5.98. The van der Waals surface area contributed by atoms with E-state index in [0.29, 0.717) is 0 Å². The van der Waals surface area contributed by atoms with Gasteiger partial charge in [-0.25, -0.2) is 0 Å². The number of hydrogen-bond acceptors (Lipinski definition) is 4. The molecule has 1 aliphatic rings. The number of benzene rings is 3. The second-order valence-corrected chi connectivity index (χ2v) is 9.62. The average molecular weight is 460 g/mol. The summed E-state index contributed by atoms with van der Waals surface area (Å²) in [4.78, 5) is 7.52. The molecule has 3 aromatic carbocycles. The molecule has 4 heteroatoms. The molecule has 0 N–H and O–H groups in total. The molecule has 4 rings (SSSR count). The van der Waals surface area contributed by atoms with Crippen molar-refractivity contribution >= 4 is 16.5 Å². The number of hydrogen-bond donors (Lipinski definition) is 0. The molecule has 0 bridgehead atoms. The summed E-state index contributed by atoms with van der Waals surface area (Å²) in [5.41, 5.74) is 2.73. The number of nitrogens with zero attached hydrogens (tertiary/aromatic N) is 3. The lowest BCUT2D eigenvalue weighted by Gasteiger charge is -2.36. The minimum absolute atomic E-state index is 0.785. The molecule has 0 spiro atoms. The Kier molecular flexibility index (Phi) is 9.23. The normalized spacial score (nSPS) is 14.7. The van der Waals surface area contributed by atoms with Crippen molar-refractivity contribution in [1.29, 1.82) is 0 Å². The van der Waals surface area contributed by atoms with E-state index in [-0.39, 0.29) is 0 Å². The fourth-order valence-corrected chi connectivity index (χ4v) is 4.85. The first-order chi connectivity index (χ1) is 16.7. The Bertz CT molecular complexity index is 990. The predicted octanol–water partition coefficient (Wildman–Crippen LogP) is 6.05. The molecule has 1 fully saturated rings. The van der Waals surface area contributed by atoms with Gasteiger partial charge in [0.1, 0.15) is 5.75 Å². The quantitative estimate of drug-likeness (QED) is 0.307. The second-order valence-electron chi connectivity index (χ2n) is 9.62. The van der Waals surface area contributed by atoms with Crippen LogP contribution in [0.25, 0.3) is 10.8 Å². The van der Waals surface area contributed by atoms with Crippen molar-refractivity contribution in [3.8, 4) is 5.75 Å². The summed E-state index contributed by atoms with van der Waals surface area (Å²) < 4.78 is 5.98. The van der Waals surface area contributed by atoms with Crippen LogP contribution in [0.15, 0.2) is 66.7 Å². The van der Waals surface area contributed by atoms with E-state index in [0.717, 1.165) is 58.0 Å². The summed E-state index contributed by atoms with van der Waals surface area (Å²) in [6, 6.07) is 24.1. The van der Waals surface area contributed by atoms with Gasteiger partial charge in [0.05, 0.1) is 6.61 Å². The average Bonchev–Trinajstić information content (AvgIpc) is 2.88. The minimum Gasteiger partial charge on any atom is -0.494 e. The molecule has 0 amide bonds. The highest BCUT2D eigenvalue weighted by Crippen LogP contribution is 2.27. The standard InChI is InChI=1S/C30H41N3O/c1-3-4-7-18-31(2)19-9-24-34-28-16-14-26(15-17-28)25-32-20-22-33(23-21-32)30-13-8-11-27-10-5-6-12-29(27)30/h5-6,8,10-17H,3-4,7,9,18-25H2,1-2H3. The molecule has 0 radical (unpaired) electrons. The number of piperazine rings is 1. The van der Waals surface area contributed by atoms with Crippen molar-refractivity contribution in [3.05, 3.63) is 72.3 Å². The van der Waals surface area contributed by atoms with Crippen molar-refractivity contribution in [2.24, 2.45) is 0 Å². The molecule has 0 saturated carbocycles. The van der Waals surface area contributed by atoms with Crippen molar-refractivity contribution in [1.82, 2.24) is 9.80 Å². The van der Waals surface area contributed by atoms with Crippen molar-refractivity contribution in [2.75, 3.05) is 57.8 Å². The first-order valence-electron chi connectivity index (χ1n) is 13.1. The van der Waals surface area contributed by atoms with Gasteiger partial charge < -0.3 is 14.5 Å².